The lowest BCUT2D eigenvalue weighted by Gasteiger charge is -2.46. The van der Waals surface area contributed by atoms with Crippen molar-refractivity contribution in [1.82, 2.24) is 20.4 Å². The van der Waals surface area contributed by atoms with Crippen LogP contribution in [-0.2, 0) is 14.4 Å². The number of aliphatic hydroxyl groups excluding tert-OH is 1. The zero-order chi connectivity index (χ0) is 21.7. The summed E-state index contributed by atoms with van der Waals surface area (Å²) in [5.41, 5.74) is 0.0462. The molecule has 166 valence electrons. The maximum Gasteiger partial charge on any atom is 0.353 e. The molecule has 3 fully saturated rings. The number of nitrogens with zero attached hydrogens (tertiary/aromatic N) is 2. The van der Waals surface area contributed by atoms with E-state index in [1.807, 2.05) is 18.7 Å². The summed E-state index contributed by atoms with van der Waals surface area (Å²) in [6, 6.07) is -0.417. The Bertz CT molecular complexity index is 787. The Morgan fingerprint density at radius 1 is 1.27 bits per heavy atom. The molecule has 0 radical (unpaired) electrons. The Morgan fingerprint density at radius 2 is 2.00 bits per heavy atom. The number of carbonyl (C=O) groups excluding carboxylic acids is 2. The van der Waals surface area contributed by atoms with Crippen LogP contribution in [0, 0.1) is 11.8 Å². The summed E-state index contributed by atoms with van der Waals surface area (Å²) in [5, 5.41) is 26.4. The molecular weight excluding hydrogens is 408 g/mol. The average molecular weight is 439 g/mol. The van der Waals surface area contributed by atoms with E-state index in [9.17, 15) is 24.6 Å². The number of β-lactam (4-membered cyclic amide) rings is 1. The van der Waals surface area contributed by atoms with Crippen LogP contribution in [0.25, 0.3) is 0 Å². The Balaban J connectivity index is 1.46. The molecule has 4 rings (SSSR count). The highest BCUT2D eigenvalue weighted by atomic mass is 32.2. The van der Waals surface area contributed by atoms with Gasteiger partial charge in [0.15, 0.2) is 0 Å². The van der Waals surface area contributed by atoms with Gasteiger partial charge in [-0.05, 0) is 20.3 Å². The van der Waals surface area contributed by atoms with Gasteiger partial charge in [-0.2, -0.15) is 0 Å². The molecule has 4 N–H and O–H groups in total. The summed E-state index contributed by atoms with van der Waals surface area (Å²) in [6.07, 6.45) is -0.182. The van der Waals surface area contributed by atoms with Gasteiger partial charge >= 0.3 is 5.97 Å². The SMILES string of the molecule is CC(O)C1C(=O)N2C(C(=O)O)=C(SC3CNC(C(=O)N4CCNCC4C)C3)C(C)[C@@H]12. The normalized spacial score (nSPS) is 37.3. The number of thioether (sulfide) groups is 1. The van der Waals surface area contributed by atoms with E-state index < -0.39 is 18.0 Å². The Labute approximate surface area is 180 Å². The fraction of sp³-hybridized carbons (Fsp3) is 0.750. The third kappa shape index (κ3) is 3.43. The second-order valence-electron chi connectivity index (χ2n) is 8.79. The molecule has 6 unspecified atom stereocenters. The van der Waals surface area contributed by atoms with Crippen LogP contribution in [0.2, 0.25) is 0 Å². The zero-order valence-corrected chi connectivity index (χ0v) is 18.3. The highest BCUT2D eigenvalue weighted by Crippen LogP contribution is 2.51. The molecule has 4 aliphatic rings. The molecule has 0 aromatic rings. The smallest absolute Gasteiger partial charge is 0.353 e. The second-order valence-corrected chi connectivity index (χ2v) is 10.1. The number of aliphatic hydroxyl groups is 1. The van der Waals surface area contributed by atoms with E-state index in [1.54, 1.807) is 6.92 Å². The van der Waals surface area contributed by atoms with E-state index in [0.29, 0.717) is 24.4 Å². The summed E-state index contributed by atoms with van der Waals surface area (Å²) < 4.78 is 0. The minimum absolute atomic E-state index is 0.0462. The van der Waals surface area contributed by atoms with Crippen LogP contribution in [0.3, 0.4) is 0 Å². The van der Waals surface area contributed by atoms with E-state index >= 15 is 0 Å². The molecule has 0 saturated carbocycles. The molecule has 4 heterocycles. The van der Waals surface area contributed by atoms with Crippen molar-refractivity contribution in [3.8, 4) is 0 Å². The highest BCUT2D eigenvalue weighted by Gasteiger charge is 2.60. The lowest BCUT2D eigenvalue weighted by atomic mass is 9.79. The number of fused-ring (bicyclic) bond motifs is 1. The summed E-state index contributed by atoms with van der Waals surface area (Å²) in [7, 11) is 0. The number of carboxylic acids is 1. The van der Waals surface area contributed by atoms with Crippen molar-refractivity contribution in [3.63, 3.8) is 0 Å². The predicted molar refractivity (Wildman–Crippen MR) is 111 cm³/mol. The number of nitrogens with one attached hydrogen (secondary N) is 2. The minimum atomic E-state index is -1.11. The summed E-state index contributed by atoms with van der Waals surface area (Å²) in [4.78, 5) is 41.3. The van der Waals surface area contributed by atoms with Crippen molar-refractivity contribution in [2.45, 2.75) is 56.7 Å². The van der Waals surface area contributed by atoms with Crippen molar-refractivity contribution in [2.24, 2.45) is 11.8 Å². The van der Waals surface area contributed by atoms with Crippen LogP contribution in [0.4, 0.5) is 0 Å². The number of hydrogen-bond donors (Lipinski definition) is 4. The fourth-order valence-corrected chi connectivity index (χ4v) is 6.69. The molecule has 9 nitrogen and oxygen atoms in total. The van der Waals surface area contributed by atoms with Crippen LogP contribution < -0.4 is 10.6 Å². The number of amides is 2. The lowest BCUT2D eigenvalue weighted by Crippen LogP contribution is -2.63. The van der Waals surface area contributed by atoms with Crippen LogP contribution in [0.1, 0.15) is 27.2 Å². The topological polar surface area (TPSA) is 122 Å². The molecule has 10 heteroatoms. The van der Waals surface area contributed by atoms with Crippen molar-refractivity contribution in [2.75, 3.05) is 26.2 Å². The third-order valence-corrected chi connectivity index (χ3v) is 8.29. The zero-order valence-electron chi connectivity index (χ0n) is 17.5. The van der Waals surface area contributed by atoms with Crippen molar-refractivity contribution >= 4 is 29.5 Å². The van der Waals surface area contributed by atoms with E-state index in [4.69, 9.17) is 0 Å². The van der Waals surface area contributed by atoms with Gasteiger partial charge in [-0.1, -0.05) is 6.92 Å². The molecule has 30 heavy (non-hydrogen) atoms. The Kier molecular flexibility index (Phi) is 5.86. The first-order valence-corrected chi connectivity index (χ1v) is 11.5. The first-order chi connectivity index (χ1) is 14.2. The van der Waals surface area contributed by atoms with E-state index in [1.165, 1.54) is 16.7 Å². The summed E-state index contributed by atoms with van der Waals surface area (Å²) in [5.74, 6) is -2.04. The van der Waals surface area contributed by atoms with Gasteiger partial charge in [0.05, 0.1) is 24.1 Å². The average Bonchev–Trinajstić information content (AvgIpc) is 3.24. The van der Waals surface area contributed by atoms with Crippen LogP contribution >= 0.6 is 11.8 Å². The van der Waals surface area contributed by atoms with Gasteiger partial charge in [-0.25, -0.2) is 4.79 Å². The van der Waals surface area contributed by atoms with Gasteiger partial charge in [0.2, 0.25) is 11.8 Å². The van der Waals surface area contributed by atoms with Gasteiger partial charge in [0, 0.05) is 48.3 Å². The Hall–Kier alpha value is -1.62. The molecule has 4 aliphatic heterocycles. The number of aliphatic carboxylic acids is 1. The molecule has 0 aromatic heterocycles. The molecule has 0 aliphatic carbocycles. The quantitative estimate of drug-likeness (QED) is 0.421. The van der Waals surface area contributed by atoms with Gasteiger partial charge in [0.1, 0.15) is 5.70 Å². The fourth-order valence-electron chi connectivity index (χ4n) is 5.21. The lowest BCUT2D eigenvalue weighted by molar-refractivity contribution is -0.163. The van der Waals surface area contributed by atoms with Crippen LogP contribution in [0.5, 0.6) is 0 Å². The molecule has 0 spiro atoms. The minimum Gasteiger partial charge on any atom is -0.477 e. The molecule has 3 saturated heterocycles. The standard InChI is InChI=1S/C20H30N4O5S/c1-9-7-21-4-5-23(9)18(26)13-6-12(8-22-13)30-17-10(2)15-14(11(3)25)19(27)24(15)16(17)20(28)29/h9-15,21-22,25H,4-8H2,1-3H3,(H,28,29)/t9?,10?,11?,12?,13?,14?,15-/m0/s1. The van der Waals surface area contributed by atoms with Crippen molar-refractivity contribution in [1.29, 1.82) is 0 Å². The molecule has 7 atom stereocenters. The summed E-state index contributed by atoms with van der Waals surface area (Å²) >= 11 is 1.47. The Morgan fingerprint density at radius 3 is 2.63 bits per heavy atom. The highest BCUT2D eigenvalue weighted by molar-refractivity contribution is 8.03. The van der Waals surface area contributed by atoms with Gasteiger partial charge in [-0.15, -0.1) is 11.8 Å². The number of carboxylic acid groups (broad SMARTS) is 1. The van der Waals surface area contributed by atoms with E-state index in [2.05, 4.69) is 10.6 Å². The number of piperazine rings is 1. The van der Waals surface area contributed by atoms with Gasteiger partial charge in [-0.3, -0.25) is 9.59 Å². The third-order valence-electron chi connectivity index (χ3n) is 6.78. The number of carbonyl (C=O) groups is 3. The maximum absolute atomic E-state index is 12.9. The maximum atomic E-state index is 12.9. The van der Waals surface area contributed by atoms with Gasteiger partial charge in [0.25, 0.3) is 0 Å². The summed E-state index contributed by atoms with van der Waals surface area (Å²) in [6.45, 7) is 8.43. The molecule has 2 amide bonds. The van der Waals surface area contributed by atoms with Crippen molar-refractivity contribution < 1.29 is 24.6 Å². The van der Waals surface area contributed by atoms with Crippen LogP contribution in [-0.4, -0.2) is 93.5 Å². The largest absolute Gasteiger partial charge is 0.477 e. The number of rotatable bonds is 5. The predicted octanol–water partition coefficient (Wildman–Crippen LogP) is -0.576. The van der Waals surface area contributed by atoms with Crippen LogP contribution in [0.15, 0.2) is 10.6 Å². The van der Waals surface area contributed by atoms with Gasteiger partial charge < -0.3 is 30.6 Å². The van der Waals surface area contributed by atoms with Crippen molar-refractivity contribution in [3.05, 3.63) is 10.6 Å². The first kappa shape index (κ1) is 21.6. The first-order valence-electron chi connectivity index (χ1n) is 10.6. The molecule has 0 bridgehead atoms. The molecule has 0 aromatic carbocycles. The van der Waals surface area contributed by atoms with E-state index in [0.717, 1.165) is 13.1 Å². The monoisotopic (exact) mass is 438 g/mol. The van der Waals surface area contributed by atoms with E-state index in [-0.39, 0.29) is 46.8 Å². The second kappa shape index (κ2) is 8.14. The number of hydrogen-bond acceptors (Lipinski definition) is 7. The molecular formula is C20H30N4O5S.